The van der Waals surface area contributed by atoms with Crippen LogP contribution < -0.4 is 14.2 Å². The van der Waals surface area contributed by atoms with E-state index in [-0.39, 0.29) is 30.2 Å². The molecule has 9 nitrogen and oxygen atoms in total. The molecule has 0 bridgehead atoms. The van der Waals surface area contributed by atoms with Crippen LogP contribution in [0.1, 0.15) is 51.0 Å². The molecule has 2 heterocycles. The second-order valence-electron chi connectivity index (χ2n) is 10.2. The Bertz CT molecular complexity index is 1820. The number of unbranched alkanes of at least 4 members (excludes halogenated alkanes) is 1. The first-order valence-electron chi connectivity index (χ1n) is 14.1. The normalized spacial score (nSPS) is 14.9. The Kier molecular flexibility index (Phi) is 11.2. The molecule has 0 saturated heterocycles. The molecule has 0 spiro atoms. The van der Waals surface area contributed by atoms with E-state index in [0.29, 0.717) is 43.6 Å². The topological polar surface area (TPSA) is 125 Å². The number of anilines is 1. The van der Waals surface area contributed by atoms with Crippen LogP contribution in [-0.4, -0.2) is 45.3 Å². The summed E-state index contributed by atoms with van der Waals surface area (Å²) in [5.74, 6) is -1.95. The summed E-state index contributed by atoms with van der Waals surface area (Å²) in [6, 6.07) is 9.04. The predicted molar refractivity (Wildman–Crippen MR) is 170 cm³/mol. The van der Waals surface area contributed by atoms with E-state index in [2.05, 4.69) is 0 Å². The molecule has 0 atom stereocenters. The molecule has 0 radical (unpaired) electrons. The van der Waals surface area contributed by atoms with Gasteiger partial charge >= 0.3 is 0 Å². The van der Waals surface area contributed by atoms with Crippen LogP contribution in [-0.2, 0) is 31.5 Å². The van der Waals surface area contributed by atoms with Crippen LogP contribution in [0, 0.1) is 11.6 Å². The van der Waals surface area contributed by atoms with Gasteiger partial charge in [0.15, 0.2) is 6.54 Å². The quantitative estimate of drug-likeness (QED) is 0.127. The van der Waals surface area contributed by atoms with E-state index in [4.69, 9.17) is 4.55 Å². The van der Waals surface area contributed by atoms with Crippen LogP contribution in [0.3, 0.4) is 0 Å². The standard InChI is InChI=1S/C29H33F2N3O6S4/c1-3-20(16-28-33(13-5-6-15-44(38,39)40)23-18-21(30)9-11-25(23)41-28)17-29-34(24-19-22(31)10-12-26(24)42-29)14-7-8-27(35)32-43(36,37)4-2/h9-12,16-19H,3-8,13-15H2,1-2H3,(H-,32,35,38,39,40)/p+1. The number of aryl methyl sites for hydroxylation is 1. The van der Waals surface area contributed by atoms with Gasteiger partial charge in [0.2, 0.25) is 21.4 Å². The van der Waals surface area contributed by atoms with Gasteiger partial charge < -0.3 is 4.90 Å². The Hall–Kier alpha value is -2.85. The molecule has 1 aliphatic heterocycles. The number of thioether (sulfide) groups is 1. The number of nitrogens with zero attached hydrogens (tertiary/aromatic N) is 2. The second kappa shape index (κ2) is 14.5. The first kappa shape index (κ1) is 34.0. The molecule has 1 aromatic heterocycles. The van der Waals surface area contributed by atoms with Crippen molar-refractivity contribution in [3.63, 3.8) is 0 Å². The number of amides is 1. The molecule has 0 saturated carbocycles. The van der Waals surface area contributed by atoms with Crippen molar-refractivity contribution in [2.24, 2.45) is 0 Å². The lowest BCUT2D eigenvalue weighted by molar-refractivity contribution is -0.669. The molecular formula is C29H34F2N3O6S4+. The number of aromatic nitrogens is 1. The van der Waals surface area contributed by atoms with Crippen molar-refractivity contribution in [2.45, 2.75) is 57.4 Å². The number of hydrogen-bond donors (Lipinski definition) is 2. The summed E-state index contributed by atoms with van der Waals surface area (Å²) in [6.45, 7) is 4.20. The Balaban J connectivity index is 1.63. The van der Waals surface area contributed by atoms with Gasteiger partial charge in [-0.3, -0.25) is 14.1 Å². The summed E-state index contributed by atoms with van der Waals surface area (Å²) >= 11 is 2.93. The number of halogens is 2. The molecule has 1 aliphatic rings. The van der Waals surface area contributed by atoms with Gasteiger partial charge in [0.05, 0.1) is 22.2 Å². The lowest BCUT2D eigenvalue weighted by atomic mass is 10.1. The van der Waals surface area contributed by atoms with E-state index in [1.54, 1.807) is 12.1 Å². The zero-order valence-corrected chi connectivity index (χ0v) is 27.5. The Morgan fingerprint density at radius 3 is 2.48 bits per heavy atom. The van der Waals surface area contributed by atoms with Crippen molar-refractivity contribution < 1.29 is 39.5 Å². The van der Waals surface area contributed by atoms with Gasteiger partial charge in [-0.1, -0.05) is 30.0 Å². The number of nitrogens with one attached hydrogen (secondary N) is 1. The van der Waals surface area contributed by atoms with Crippen LogP contribution in [0.25, 0.3) is 16.3 Å². The molecule has 0 aliphatic carbocycles. The monoisotopic (exact) mass is 686 g/mol. The first-order valence-corrected chi connectivity index (χ1v) is 19.0. The van der Waals surface area contributed by atoms with Crippen LogP contribution in [0.2, 0.25) is 0 Å². The third-order valence-electron chi connectivity index (χ3n) is 6.88. The predicted octanol–water partition coefficient (Wildman–Crippen LogP) is 5.63. The van der Waals surface area contributed by atoms with Crippen LogP contribution in [0.5, 0.6) is 0 Å². The van der Waals surface area contributed by atoms with Gasteiger partial charge in [0, 0.05) is 36.4 Å². The van der Waals surface area contributed by atoms with E-state index in [1.807, 2.05) is 33.3 Å². The Morgan fingerprint density at radius 2 is 1.77 bits per heavy atom. The number of fused-ring (bicyclic) bond motifs is 2. The minimum Gasteiger partial charge on any atom is -0.335 e. The number of allylic oxidation sites excluding steroid dienone is 2. The van der Waals surface area contributed by atoms with Crippen molar-refractivity contribution >= 4 is 71.1 Å². The second-order valence-corrected chi connectivity index (χ2v) is 15.9. The summed E-state index contributed by atoms with van der Waals surface area (Å²) in [5, 5.41) is 1.64. The fraction of sp³-hybridized carbons (Fsp3) is 0.379. The molecule has 4 rings (SSSR count). The van der Waals surface area contributed by atoms with Crippen LogP contribution in [0.4, 0.5) is 14.5 Å². The fourth-order valence-corrected chi connectivity index (χ4v) is 8.09. The van der Waals surface area contributed by atoms with E-state index in [9.17, 15) is 30.4 Å². The smallest absolute Gasteiger partial charge is 0.264 e. The van der Waals surface area contributed by atoms with Gasteiger partial charge in [0.1, 0.15) is 16.3 Å². The number of sulfonamides is 1. The number of carbonyl (C=O) groups excluding carboxylic acids is 1. The van der Waals surface area contributed by atoms with Gasteiger partial charge in [-0.25, -0.2) is 17.2 Å². The number of carbonyl (C=O) groups is 1. The van der Waals surface area contributed by atoms with Crippen LogP contribution >= 0.6 is 23.1 Å². The van der Waals surface area contributed by atoms with Gasteiger partial charge in [-0.2, -0.15) is 13.0 Å². The van der Waals surface area contributed by atoms with E-state index in [0.717, 1.165) is 25.2 Å². The van der Waals surface area contributed by atoms with Gasteiger partial charge in [-0.15, -0.1) is 0 Å². The summed E-state index contributed by atoms with van der Waals surface area (Å²) in [7, 11) is -7.74. The van der Waals surface area contributed by atoms with E-state index >= 15 is 0 Å². The first-order chi connectivity index (χ1) is 20.8. The molecule has 3 aromatic rings. The van der Waals surface area contributed by atoms with E-state index in [1.165, 1.54) is 54.3 Å². The van der Waals surface area contributed by atoms with Gasteiger partial charge in [-0.05, 0) is 68.2 Å². The summed E-state index contributed by atoms with van der Waals surface area (Å²) < 4.78 is 88.2. The Labute approximate surface area is 264 Å². The molecule has 44 heavy (non-hydrogen) atoms. The van der Waals surface area contributed by atoms with Crippen LogP contribution in [0.15, 0.2) is 58.0 Å². The minimum absolute atomic E-state index is 0.0231. The molecule has 0 fully saturated rings. The molecule has 2 aromatic carbocycles. The number of benzene rings is 2. The molecule has 15 heteroatoms. The van der Waals surface area contributed by atoms with Crippen molar-refractivity contribution in [1.29, 1.82) is 0 Å². The maximum absolute atomic E-state index is 14.2. The summed E-state index contributed by atoms with van der Waals surface area (Å²) in [4.78, 5) is 15.0. The largest absolute Gasteiger partial charge is 0.335 e. The summed E-state index contributed by atoms with van der Waals surface area (Å²) in [5.41, 5.74) is 2.26. The molecule has 1 amide bonds. The van der Waals surface area contributed by atoms with Crippen molar-refractivity contribution in [3.8, 4) is 0 Å². The van der Waals surface area contributed by atoms with Crippen molar-refractivity contribution in [2.75, 3.05) is 23.0 Å². The van der Waals surface area contributed by atoms with E-state index < -0.39 is 31.9 Å². The maximum Gasteiger partial charge on any atom is 0.264 e. The highest BCUT2D eigenvalue weighted by atomic mass is 32.2. The number of hydrogen-bond acceptors (Lipinski definition) is 8. The highest BCUT2D eigenvalue weighted by Crippen LogP contribution is 2.47. The third kappa shape index (κ3) is 9.10. The average Bonchev–Trinajstić information content (AvgIpc) is 3.46. The minimum atomic E-state index is -4.08. The fourth-order valence-electron chi connectivity index (χ4n) is 4.64. The zero-order chi connectivity index (χ0) is 32.1. The average molecular weight is 687 g/mol. The Morgan fingerprint density at radius 1 is 1.05 bits per heavy atom. The molecule has 238 valence electrons. The molecule has 0 unspecified atom stereocenters. The molecule has 2 N–H and O–H groups in total. The highest BCUT2D eigenvalue weighted by molar-refractivity contribution is 8.03. The SMILES string of the molecule is CCC(=C/c1sc2ccc(F)cc2[n+]1CCCC(=O)NS(=O)(=O)CC)/C=C1\Sc2ccc(F)cc2N1CCCCS(=O)(=O)O. The summed E-state index contributed by atoms with van der Waals surface area (Å²) in [6.07, 6.45) is 5.61. The zero-order valence-electron chi connectivity index (χ0n) is 24.3. The number of rotatable bonds is 14. The van der Waals surface area contributed by atoms with Crippen molar-refractivity contribution in [1.82, 2.24) is 4.72 Å². The lowest BCUT2D eigenvalue weighted by Crippen LogP contribution is -2.37. The van der Waals surface area contributed by atoms with Gasteiger partial charge in [0.25, 0.3) is 15.1 Å². The lowest BCUT2D eigenvalue weighted by Gasteiger charge is -2.20. The number of thiazole rings is 1. The molecular weight excluding hydrogens is 653 g/mol. The third-order valence-corrected chi connectivity index (χ3v) is 11.2. The highest BCUT2D eigenvalue weighted by Gasteiger charge is 2.26. The van der Waals surface area contributed by atoms with Crippen molar-refractivity contribution in [3.05, 3.63) is 69.7 Å². The maximum atomic E-state index is 14.2.